The molecule has 0 saturated carbocycles. The number of benzene rings is 2. The van der Waals surface area contributed by atoms with Crippen LogP contribution in [0.4, 0.5) is 0 Å². The van der Waals surface area contributed by atoms with Crippen LogP contribution in [0.5, 0.6) is 5.75 Å². The number of fused-ring (bicyclic) bond motifs is 1. The predicted octanol–water partition coefficient (Wildman–Crippen LogP) is 0.653. The molecule has 0 aliphatic carbocycles. The van der Waals surface area contributed by atoms with E-state index in [1.54, 1.807) is 12.1 Å². The average Bonchev–Trinajstić information content (AvgIpc) is 3.17. The fourth-order valence-corrected chi connectivity index (χ4v) is 4.73. The fourth-order valence-electron chi connectivity index (χ4n) is 4.73. The number of nitrogens with one attached hydrogen (secondary N) is 1. The van der Waals surface area contributed by atoms with Crippen LogP contribution < -0.4 is 15.5 Å². The standard InChI is InChI=1S/C25H26BN3O5/c26-20-12-16(4-5-17(20)13-28-8-10-33-11-9-28)15-34-22-3-1-2-18-19(22)14-29(25(18)32)21-6-7-23(30)27-24(21)31/h1-5,12,21H,6-11,13-15H2,(H,27,30,31). The number of hydrogen-bond acceptors (Lipinski definition) is 6. The van der Waals surface area contributed by atoms with E-state index in [9.17, 15) is 14.4 Å². The summed E-state index contributed by atoms with van der Waals surface area (Å²) in [6.45, 7) is 4.67. The van der Waals surface area contributed by atoms with Crippen molar-refractivity contribution in [1.29, 1.82) is 0 Å². The van der Waals surface area contributed by atoms with E-state index >= 15 is 0 Å². The molecule has 34 heavy (non-hydrogen) atoms. The molecular formula is C25H26BN3O5. The van der Waals surface area contributed by atoms with Gasteiger partial charge in [-0.25, -0.2) is 0 Å². The largest absolute Gasteiger partial charge is 0.489 e. The first kappa shape index (κ1) is 22.6. The van der Waals surface area contributed by atoms with E-state index in [-0.39, 0.29) is 24.8 Å². The second kappa shape index (κ2) is 9.60. The maximum absolute atomic E-state index is 13.0. The molecule has 8 nitrogen and oxygen atoms in total. The van der Waals surface area contributed by atoms with Gasteiger partial charge in [0.15, 0.2) is 0 Å². The topological polar surface area (TPSA) is 88.2 Å². The van der Waals surface area contributed by atoms with E-state index in [1.807, 2.05) is 24.3 Å². The first-order valence-corrected chi connectivity index (χ1v) is 11.6. The molecule has 2 saturated heterocycles. The van der Waals surface area contributed by atoms with Crippen LogP contribution in [0.2, 0.25) is 0 Å². The van der Waals surface area contributed by atoms with Gasteiger partial charge in [0.25, 0.3) is 5.91 Å². The highest BCUT2D eigenvalue weighted by Crippen LogP contribution is 2.33. The summed E-state index contributed by atoms with van der Waals surface area (Å²) in [5.74, 6) is -0.333. The summed E-state index contributed by atoms with van der Waals surface area (Å²) in [6.07, 6.45) is 0.555. The van der Waals surface area contributed by atoms with Gasteiger partial charge in [0, 0.05) is 37.2 Å². The van der Waals surface area contributed by atoms with Crippen LogP contribution in [-0.4, -0.2) is 67.7 Å². The number of piperidine rings is 1. The Morgan fingerprint density at radius 3 is 2.71 bits per heavy atom. The lowest BCUT2D eigenvalue weighted by Gasteiger charge is -2.29. The van der Waals surface area contributed by atoms with Gasteiger partial charge in [0.1, 0.15) is 26.2 Å². The van der Waals surface area contributed by atoms with Gasteiger partial charge in [0.05, 0.1) is 19.8 Å². The van der Waals surface area contributed by atoms with Crippen LogP contribution in [0.1, 0.15) is 39.9 Å². The third-order valence-corrected chi connectivity index (χ3v) is 6.64. The molecule has 3 aliphatic rings. The summed E-state index contributed by atoms with van der Waals surface area (Å²) in [5.41, 5.74) is 4.03. The number of amides is 3. The molecule has 2 aromatic rings. The van der Waals surface area contributed by atoms with Crippen LogP contribution in [0.25, 0.3) is 0 Å². The van der Waals surface area contributed by atoms with Gasteiger partial charge in [0.2, 0.25) is 11.8 Å². The number of rotatable bonds is 6. The smallest absolute Gasteiger partial charge is 0.255 e. The van der Waals surface area contributed by atoms with Crippen molar-refractivity contribution in [1.82, 2.24) is 15.1 Å². The first-order valence-electron chi connectivity index (χ1n) is 11.6. The minimum atomic E-state index is -0.649. The van der Waals surface area contributed by atoms with E-state index < -0.39 is 11.9 Å². The van der Waals surface area contributed by atoms with E-state index in [2.05, 4.69) is 10.2 Å². The number of morpholine rings is 1. The van der Waals surface area contributed by atoms with Crippen LogP contribution in [0.15, 0.2) is 36.4 Å². The van der Waals surface area contributed by atoms with Crippen molar-refractivity contribution < 1.29 is 23.9 Å². The van der Waals surface area contributed by atoms with Gasteiger partial charge < -0.3 is 14.4 Å². The van der Waals surface area contributed by atoms with Crippen molar-refractivity contribution in [2.45, 2.75) is 38.6 Å². The van der Waals surface area contributed by atoms with Crippen molar-refractivity contribution in [3.05, 3.63) is 58.7 Å². The van der Waals surface area contributed by atoms with Gasteiger partial charge in [-0.3, -0.25) is 24.6 Å². The number of ether oxygens (including phenoxy) is 2. The lowest BCUT2D eigenvalue weighted by atomic mass is 9.88. The number of hydrogen-bond donors (Lipinski definition) is 1. The molecule has 1 N–H and O–H groups in total. The normalized spacial score (nSPS) is 20.9. The third kappa shape index (κ3) is 4.58. The highest BCUT2D eigenvalue weighted by molar-refractivity contribution is 6.33. The number of imide groups is 1. The molecule has 2 aromatic carbocycles. The first-order chi connectivity index (χ1) is 16.5. The summed E-state index contributed by atoms with van der Waals surface area (Å²) in [4.78, 5) is 40.6. The SMILES string of the molecule is [B]c1cc(COc2cccc3c2CN(C2CCC(=O)NC2=O)C3=O)ccc1CN1CCOCC1. The summed E-state index contributed by atoms with van der Waals surface area (Å²) in [7, 11) is 6.31. The molecule has 0 aromatic heterocycles. The molecule has 3 aliphatic heterocycles. The second-order valence-electron chi connectivity index (χ2n) is 8.89. The Labute approximate surface area is 199 Å². The van der Waals surface area contributed by atoms with Crippen LogP contribution >= 0.6 is 0 Å². The van der Waals surface area contributed by atoms with Crippen LogP contribution in [-0.2, 0) is 34.0 Å². The molecule has 1 unspecified atom stereocenters. The van der Waals surface area contributed by atoms with E-state index in [1.165, 1.54) is 4.90 Å². The second-order valence-corrected chi connectivity index (χ2v) is 8.89. The fraction of sp³-hybridized carbons (Fsp3) is 0.400. The van der Waals surface area contributed by atoms with Crippen molar-refractivity contribution in [3.63, 3.8) is 0 Å². The van der Waals surface area contributed by atoms with Crippen molar-refractivity contribution >= 4 is 31.0 Å². The van der Waals surface area contributed by atoms with E-state index in [0.29, 0.717) is 24.3 Å². The quantitative estimate of drug-likeness (QED) is 0.505. The van der Waals surface area contributed by atoms with Gasteiger partial charge >= 0.3 is 0 Å². The highest BCUT2D eigenvalue weighted by Gasteiger charge is 2.40. The zero-order valence-electron chi connectivity index (χ0n) is 18.9. The molecule has 9 heteroatoms. The van der Waals surface area contributed by atoms with Gasteiger partial charge in [-0.15, -0.1) is 0 Å². The molecular weight excluding hydrogens is 433 g/mol. The maximum Gasteiger partial charge on any atom is 0.255 e. The number of carbonyl (C=O) groups excluding carboxylic acids is 3. The molecule has 2 radical (unpaired) electrons. The number of nitrogens with zero attached hydrogens (tertiary/aromatic N) is 2. The van der Waals surface area contributed by atoms with Crippen molar-refractivity contribution in [2.75, 3.05) is 26.3 Å². The molecule has 1 atom stereocenters. The minimum Gasteiger partial charge on any atom is -0.489 e. The van der Waals surface area contributed by atoms with Crippen LogP contribution in [0, 0.1) is 0 Å². The summed E-state index contributed by atoms with van der Waals surface area (Å²) in [6, 6.07) is 10.7. The zero-order chi connectivity index (χ0) is 23.7. The lowest BCUT2D eigenvalue weighted by molar-refractivity contribution is -0.136. The monoisotopic (exact) mass is 459 g/mol. The maximum atomic E-state index is 13.0. The van der Waals surface area contributed by atoms with Crippen LogP contribution in [0.3, 0.4) is 0 Å². The molecule has 0 bridgehead atoms. The molecule has 3 heterocycles. The molecule has 5 rings (SSSR count). The molecule has 3 amide bonds. The Bertz CT molecular complexity index is 1130. The Morgan fingerprint density at radius 1 is 1.12 bits per heavy atom. The Balaban J connectivity index is 1.26. The number of carbonyl (C=O) groups is 3. The lowest BCUT2D eigenvalue weighted by Crippen LogP contribution is -2.52. The molecule has 0 spiro atoms. The Hall–Kier alpha value is -3.17. The van der Waals surface area contributed by atoms with Crippen molar-refractivity contribution in [2.24, 2.45) is 0 Å². The van der Waals surface area contributed by atoms with Gasteiger partial charge in [-0.1, -0.05) is 29.7 Å². The Morgan fingerprint density at radius 2 is 1.94 bits per heavy atom. The van der Waals surface area contributed by atoms with Crippen molar-refractivity contribution in [3.8, 4) is 5.75 Å². The molecule has 2 fully saturated rings. The van der Waals surface area contributed by atoms with E-state index in [4.69, 9.17) is 17.3 Å². The average molecular weight is 459 g/mol. The highest BCUT2D eigenvalue weighted by atomic mass is 16.5. The van der Waals surface area contributed by atoms with Gasteiger partial charge in [-0.2, -0.15) is 0 Å². The van der Waals surface area contributed by atoms with Gasteiger partial charge in [-0.05, 0) is 29.7 Å². The summed E-state index contributed by atoms with van der Waals surface area (Å²) < 4.78 is 11.5. The zero-order valence-corrected chi connectivity index (χ0v) is 18.9. The summed E-state index contributed by atoms with van der Waals surface area (Å²) in [5, 5.41) is 2.33. The Kier molecular flexibility index (Phi) is 6.39. The third-order valence-electron chi connectivity index (χ3n) is 6.64. The summed E-state index contributed by atoms with van der Waals surface area (Å²) >= 11 is 0. The molecule has 174 valence electrons. The van der Waals surface area contributed by atoms with E-state index in [0.717, 1.165) is 55.0 Å². The minimum absolute atomic E-state index is 0.216. The predicted molar refractivity (Wildman–Crippen MR) is 125 cm³/mol.